The third-order valence-electron chi connectivity index (χ3n) is 3.96. The second kappa shape index (κ2) is 7.42. The Hall–Kier alpha value is -2.14. The van der Waals surface area contributed by atoms with E-state index < -0.39 is 6.10 Å². The van der Waals surface area contributed by atoms with Gasteiger partial charge in [-0.3, -0.25) is 9.78 Å². The largest absolute Gasteiger partial charge is 0.497 e. The standard InChI is InChI=1S/C18H24N2O3/c1-11(2)17(21)7-8-19-18(22)15-9-13-5-6-14(23-4)10-16(13)20-12(15)3/h5-6,9-11,17,21H,7-8H2,1-4H3,(H,19,22). The fraction of sp³-hybridized carbons (Fsp3) is 0.444. The van der Waals surface area contributed by atoms with Crippen molar-refractivity contribution in [2.45, 2.75) is 33.3 Å². The molecule has 1 heterocycles. The van der Waals surface area contributed by atoms with Gasteiger partial charge in [0, 0.05) is 18.0 Å². The van der Waals surface area contributed by atoms with Gasteiger partial charge in [-0.2, -0.15) is 0 Å². The van der Waals surface area contributed by atoms with E-state index >= 15 is 0 Å². The Kier molecular flexibility index (Phi) is 5.55. The van der Waals surface area contributed by atoms with Crippen LogP contribution in [-0.2, 0) is 0 Å². The molecule has 124 valence electrons. The summed E-state index contributed by atoms with van der Waals surface area (Å²) in [6.45, 7) is 6.17. The van der Waals surface area contributed by atoms with E-state index in [1.54, 1.807) is 7.11 Å². The molecule has 0 radical (unpaired) electrons. The molecule has 0 aliphatic heterocycles. The molecular formula is C18H24N2O3. The smallest absolute Gasteiger partial charge is 0.253 e. The number of rotatable bonds is 6. The number of amides is 1. The van der Waals surface area contributed by atoms with E-state index in [1.165, 1.54) is 0 Å². The first-order chi connectivity index (χ1) is 10.9. The van der Waals surface area contributed by atoms with E-state index in [0.29, 0.717) is 24.2 Å². The second-order valence-electron chi connectivity index (χ2n) is 6.04. The number of hydrogen-bond acceptors (Lipinski definition) is 4. The van der Waals surface area contributed by atoms with Crippen molar-refractivity contribution in [3.8, 4) is 5.75 Å². The minimum atomic E-state index is -0.404. The lowest BCUT2D eigenvalue weighted by atomic mass is 10.0. The van der Waals surface area contributed by atoms with Crippen LogP contribution >= 0.6 is 0 Å². The van der Waals surface area contributed by atoms with Gasteiger partial charge >= 0.3 is 0 Å². The number of ether oxygens (including phenoxy) is 1. The molecule has 5 nitrogen and oxygen atoms in total. The van der Waals surface area contributed by atoms with Crippen molar-refractivity contribution in [3.63, 3.8) is 0 Å². The quantitative estimate of drug-likeness (QED) is 0.859. The van der Waals surface area contributed by atoms with Crippen LogP contribution in [0.15, 0.2) is 24.3 Å². The van der Waals surface area contributed by atoms with Crippen molar-refractivity contribution < 1.29 is 14.6 Å². The van der Waals surface area contributed by atoms with Crippen LogP contribution in [-0.4, -0.2) is 35.8 Å². The van der Waals surface area contributed by atoms with Crippen LogP contribution in [0.25, 0.3) is 10.9 Å². The minimum Gasteiger partial charge on any atom is -0.497 e. The summed E-state index contributed by atoms with van der Waals surface area (Å²) in [5.74, 6) is 0.763. The number of aliphatic hydroxyl groups excluding tert-OH is 1. The van der Waals surface area contributed by atoms with Gasteiger partial charge < -0.3 is 15.2 Å². The monoisotopic (exact) mass is 316 g/mol. The van der Waals surface area contributed by atoms with Crippen LogP contribution in [0.2, 0.25) is 0 Å². The van der Waals surface area contributed by atoms with Gasteiger partial charge in [0.25, 0.3) is 5.91 Å². The Bertz CT molecular complexity index is 698. The number of nitrogens with one attached hydrogen (secondary N) is 1. The number of carbonyl (C=O) groups is 1. The topological polar surface area (TPSA) is 71.5 Å². The summed E-state index contributed by atoms with van der Waals surface area (Å²) in [4.78, 5) is 16.8. The first-order valence-electron chi connectivity index (χ1n) is 7.84. The number of aryl methyl sites for hydroxylation is 1. The number of benzene rings is 1. The van der Waals surface area contributed by atoms with Crippen LogP contribution in [0.4, 0.5) is 0 Å². The number of aliphatic hydroxyl groups is 1. The average molecular weight is 316 g/mol. The van der Waals surface area contributed by atoms with E-state index in [-0.39, 0.29) is 11.8 Å². The fourth-order valence-electron chi connectivity index (χ4n) is 2.36. The van der Waals surface area contributed by atoms with Gasteiger partial charge in [0.05, 0.1) is 30.0 Å². The first-order valence-corrected chi connectivity index (χ1v) is 7.84. The molecule has 1 unspecified atom stereocenters. The van der Waals surface area contributed by atoms with Crippen LogP contribution in [0.3, 0.4) is 0 Å². The second-order valence-corrected chi connectivity index (χ2v) is 6.04. The summed E-state index contributed by atoms with van der Waals surface area (Å²) in [5, 5.41) is 13.5. The van der Waals surface area contributed by atoms with Crippen molar-refractivity contribution in [3.05, 3.63) is 35.5 Å². The number of pyridine rings is 1. The molecule has 2 aromatic rings. The molecule has 23 heavy (non-hydrogen) atoms. The number of carbonyl (C=O) groups excluding carboxylic acids is 1. The highest BCUT2D eigenvalue weighted by Crippen LogP contribution is 2.21. The van der Waals surface area contributed by atoms with Crippen molar-refractivity contribution in [1.29, 1.82) is 0 Å². The maximum Gasteiger partial charge on any atom is 0.253 e. The molecule has 5 heteroatoms. The Balaban J connectivity index is 2.12. The number of nitrogens with zero attached hydrogens (tertiary/aromatic N) is 1. The number of hydrogen-bond donors (Lipinski definition) is 2. The molecule has 0 aliphatic carbocycles. The van der Waals surface area contributed by atoms with Crippen molar-refractivity contribution in [1.82, 2.24) is 10.3 Å². The Morgan fingerprint density at radius 1 is 1.35 bits per heavy atom. The Morgan fingerprint density at radius 3 is 2.74 bits per heavy atom. The molecule has 0 spiro atoms. The molecule has 0 saturated heterocycles. The summed E-state index contributed by atoms with van der Waals surface area (Å²) in [7, 11) is 1.61. The lowest BCUT2D eigenvalue weighted by molar-refractivity contribution is 0.0919. The van der Waals surface area contributed by atoms with Gasteiger partial charge in [-0.15, -0.1) is 0 Å². The van der Waals surface area contributed by atoms with Gasteiger partial charge in [0.2, 0.25) is 0 Å². The lowest BCUT2D eigenvalue weighted by Crippen LogP contribution is -2.29. The highest BCUT2D eigenvalue weighted by atomic mass is 16.5. The Morgan fingerprint density at radius 2 is 2.09 bits per heavy atom. The summed E-state index contributed by atoms with van der Waals surface area (Å²) >= 11 is 0. The van der Waals surface area contributed by atoms with E-state index in [0.717, 1.165) is 16.7 Å². The molecule has 0 saturated carbocycles. The zero-order valence-corrected chi connectivity index (χ0v) is 14.1. The van der Waals surface area contributed by atoms with Crippen molar-refractivity contribution in [2.75, 3.05) is 13.7 Å². The lowest BCUT2D eigenvalue weighted by Gasteiger charge is -2.15. The highest BCUT2D eigenvalue weighted by Gasteiger charge is 2.13. The molecule has 0 aliphatic rings. The molecule has 1 aromatic carbocycles. The number of fused-ring (bicyclic) bond motifs is 1. The zero-order chi connectivity index (χ0) is 17.0. The molecule has 2 rings (SSSR count). The molecule has 2 N–H and O–H groups in total. The summed E-state index contributed by atoms with van der Waals surface area (Å²) in [5.41, 5.74) is 2.03. The summed E-state index contributed by atoms with van der Waals surface area (Å²) in [6, 6.07) is 7.42. The number of aromatic nitrogens is 1. The molecule has 1 amide bonds. The van der Waals surface area contributed by atoms with Crippen molar-refractivity contribution >= 4 is 16.8 Å². The normalized spacial score (nSPS) is 12.4. The van der Waals surface area contributed by atoms with Crippen LogP contribution < -0.4 is 10.1 Å². The third-order valence-corrected chi connectivity index (χ3v) is 3.96. The predicted octanol–water partition coefficient (Wildman–Crippen LogP) is 2.69. The fourth-order valence-corrected chi connectivity index (χ4v) is 2.36. The van der Waals surface area contributed by atoms with E-state index in [1.807, 2.05) is 45.0 Å². The highest BCUT2D eigenvalue weighted by molar-refractivity contribution is 5.98. The van der Waals surface area contributed by atoms with Gasteiger partial charge in [-0.05, 0) is 37.5 Å². The van der Waals surface area contributed by atoms with Crippen molar-refractivity contribution in [2.24, 2.45) is 5.92 Å². The Labute approximate surface area is 136 Å². The molecular weight excluding hydrogens is 292 g/mol. The average Bonchev–Trinajstić information content (AvgIpc) is 2.53. The van der Waals surface area contributed by atoms with Crippen LogP contribution in [0.5, 0.6) is 5.75 Å². The van der Waals surface area contributed by atoms with E-state index in [4.69, 9.17) is 4.74 Å². The first kappa shape index (κ1) is 17.2. The van der Waals surface area contributed by atoms with Gasteiger partial charge in [-0.25, -0.2) is 0 Å². The third kappa shape index (κ3) is 4.20. The number of methoxy groups -OCH3 is 1. The minimum absolute atomic E-state index is 0.163. The molecule has 0 fully saturated rings. The molecule has 0 bridgehead atoms. The SMILES string of the molecule is COc1ccc2cc(C(=O)NCCC(O)C(C)C)c(C)nc2c1. The zero-order valence-electron chi connectivity index (χ0n) is 14.1. The summed E-state index contributed by atoms with van der Waals surface area (Å²) < 4.78 is 5.19. The summed E-state index contributed by atoms with van der Waals surface area (Å²) in [6.07, 6.45) is 0.138. The maximum absolute atomic E-state index is 12.3. The van der Waals surface area contributed by atoms with Crippen LogP contribution in [0.1, 0.15) is 36.3 Å². The molecule has 1 atom stereocenters. The van der Waals surface area contributed by atoms with Crippen LogP contribution in [0, 0.1) is 12.8 Å². The van der Waals surface area contributed by atoms with Gasteiger partial charge in [-0.1, -0.05) is 13.8 Å². The van der Waals surface area contributed by atoms with Gasteiger partial charge in [0.1, 0.15) is 5.75 Å². The predicted molar refractivity (Wildman–Crippen MR) is 90.8 cm³/mol. The van der Waals surface area contributed by atoms with E-state index in [2.05, 4.69) is 10.3 Å². The maximum atomic E-state index is 12.3. The molecule has 1 aromatic heterocycles. The van der Waals surface area contributed by atoms with Gasteiger partial charge in [0.15, 0.2) is 0 Å². The van der Waals surface area contributed by atoms with E-state index in [9.17, 15) is 9.90 Å².